The van der Waals surface area contributed by atoms with E-state index in [1.54, 1.807) is 44.2 Å². The summed E-state index contributed by atoms with van der Waals surface area (Å²) >= 11 is 0. The van der Waals surface area contributed by atoms with Gasteiger partial charge in [0.05, 0.1) is 25.0 Å². The number of aromatic nitrogens is 2. The van der Waals surface area contributed by atoms with Gasteiger partial charge in [-0.05, 0) is 30.7 Å². The van der Waals surface area contributed by atoms with Crippen molar-refractivity contribution in [3.63, 3.8) is 0 Å². The van der Waals surface area contributed by atoms with Crippen LogP contribution in [-0.4, -0.2) is 65.2 Å². The van der Waals surface area contributed by atoms with E-state index in [4.69, 9.17) is 9.47 Å². The first-order chi connectivity index (χ1) is 14.9. The molecule has 0 saturated carbocycles. The van der Waals surface area contributed by atoms with Crippen LogP contribution in [0.4, 0.5) is 0 Å². The van der Waals surface area contributed by atoms with E-state index in [1.165, 1.54) is 0 Å². The van der Waals surface area contributed by atoms with Gasteiger partial charge in [-0.1, -0.05) is 13.3 Å². The number of carbonyl (C=O) groups excluding carboxylic acids is 2. The molecule has 1 saturated heterocycles. The minimum absolute atomic E-state index is 0.0198. The molecule has 2 heterocycles. The molecule has 1 aliphatic rings. The van der Waals surface area contributed by atoms with Crippen LogP contribution in [0.3, 0.4) is 0 Å². The normalized spacial score (nSPS) is 14.4. The third-order valence-corrected chi connectivity index (χ3v) is 5.54. The van der Waals surface area contributed by atoms with Crippen LogP contribution in [0.2, 0.25) is 0 Å². The molecule has 2 amide bonds. The first-order valence-corrected chi connectivity index (χ1v) is 10.8. The van der Waals surface area contributed by atoms with Crippen LogP contribution in [0.1, 0.15) is 54.9 Å². The minimum Gasteiger partial charge on any atom is -0.493 e. The molecule has 168 valence electrons. The molecule has 1 N–H and O–H groups in total. The van der Waals surface area contributed by atoms with Crippen molar-refractivity contribution in [3.05, 3.63) is 41.2 Å². The molecule has 0 spiro atoms. The van der Waals surface area contributed by atoms with Crippen LogP contribution >= 0.6 is 0 Å². The molecule has 8 heteroatoms. The Bertz CT molecular complexity index is 903. The fourth-order valence-corrected chi connectivity index (χ4v) is 3.79. The Kier molecular flexibility index (Phi) is 7.55. The van der Waals surface area contributed by atoms with Gasteiger partial charge >= 0.3 is 0 Å². The van der Waals surface area contributed by atoms with Crippen LogP contribution in [0.15, 0.2) is 24.3 Å². The average molecular weight is 429 g/mol. The lowest BCUT2D eigenvalue weighted by atomic mass is 10.1. The summed E-state index contributed by atoms with van der Waals surface area (Å²) in [4.78, 5) is 27.9. The number of nitrogens with one attached hydrogen (secondary N) is 1. The fourth-order valence-electron chi connectivity index (χ4n) is 3.79. The number of ether oxygens (including phenoxy) is 2. The number of piperidine rings is 1. The largest absolute Gasteiger partial charge is 0.493 e. The molecule has 3 rings (SSSR count). The van der Waals surface area contributed by atoms with Crippen LogP contribution in [0, 0.1) is 0 Å². The molecule has 1 aliphatic heterocycles. The molecular formula is C23H32N4O4. The van der Waals surface area contributed by atoms with Gasteiger partial charge in [0, 0.05) is 45.5 Å². The summed E-state index contributed by atoms with van der Waals surface area (Å²) in [6.45, 7) is 5.53. The van der Waals surface area contributed by atoms with Crippen molar-refractivity contribution in [2.75, 3.05) is 27.2 Å². The van der Waals surface area contributed by atoms with Gasteiger partial charge in [0.25, 0.3) is 5.91 Å². The summed E-state index contributed by atoms with van der Waals surface area (Å²) in [6.07, 6.45) is 3.52. The summed E-state index contributed by atoms with van der Waals surface area (Å²) in [6, 6.07) is 7.26. The number of aryl methyl sites for hydroxylation is 1. The Morgan fingerprint density at radius 3 is 2.61 bits per heavy atom. The Labute approximate surface area is 183 Å². The molecule has 2 aromatic rings. The number of rotatable bonds is 8. The van der Waals surface area contributed by atoms with E-state index in [2.05, 4.69) is 17.1 Å². The number of hydrogen-bond donors (Lipinski definition) is 1. The number of methoxy groups -OCH3 is 1. The van der Waals surface area contributed by atoms with Crippen molar-refractivity contribution in [3.8, 4) is 11.5 Å². The van der Waals surface area contributed by atoms with E-state index in [9.17, 15) is 9.59 Å². The van der Waals surface area contributed by atoms with Crippen LogP contribution < -0.4 is 9.47 Å². The quantitative estimate of drug-likeness (QED) is 0.698. The molecule has 0 bridgehead atoms. The Balaban J connectivity index is 1.63. The first kappa shape index (κ1) is 22.7. The van der Waals surface area contributed by atoms with Crippen molar-refractivity contribution in [2.45, 2.75) is 52.2 Å². The highest BCUT2D eigenvalue weighted by Crippen LogP contribution is 2.31. The predicted octanol–water partition coefficient (Wildman–Crippen LogP) is 3.03. The van der Waals surface area contributed by atoms with Crippen molar-refractivity contribution < 1.29 is 19.1 Å². The Morgan fingerprint density at radius 2 is 1.97 bits per heavy atom. The number of carbonyl (C=O) groups is 2. The van der Waals surface area contributed by atoms with Gasteiger partial charge in [-0.3, -0.25) is 14.7 Å². The summed E-state index contributed by atoms with van der Waals surface area (Å²) in [7, 11) is 3.33. The van der Waals surface area contributed by atoms with Gasteiger partial charge in [0.1, 0.15) is 6.10 Å². The summed E-state index contributed by atoms with van der Waals surface area (Å²) < 4.78 is 11.6. The molecule has 1 aromatic heterocycles. The summed E-state index contributed by atoms with van der Waals surface area (Å²) in [5, 5.41) is 7.28. The zero-order chi connectivity index (χ0) is 22.4. The lowest BCUT2D eigenvalue weighted by Crippen LogP contribution is -2.40. The number of benzene rings is 1. The number of H-pyrrole nitrogens is 1. The monoisotopic (exact) mass is 428 g/mol. The van der Waals surface area contributed by atoms with E-state index in [0.717, 1.165) is 37.1 Å². The molecule has 0 atom stereocenters. The van der Waals surface area contributed by atoms with Gasteiger partial charge in [-0.25, -0.2) is 0 Å². The Hall–Kier alpha value is -3.03. The molecule has 31 heavy (non-hydrogen) atoms. The average Bonchev–Trinajstić information content (AvgIpc) is 3.21. The topological polar surface area (TPSA) is 87.8 Å². The van der Waals surface area contributed by atoms with E-state index in [-0.39, 0.29) is 17.9 Å². The first-order valence-electron chi connectivity index (χ1n) is 10.8. The molecule has 1 fully saturated rings. The second-order valence-electron chi connectivity index (χ2n) is 7.98. The van der Waals surface area contributed by atoms with E-state index >= 15 is 0 Å². The lowest BCUT2D eigenvalue weighted by Gasteiger charge is -2.31. The van der Waals surface area contributed by atoms with E-state index in [1.807, 2.05) is 11.0 Å². The minimum atomic E-state index is -0.105. The Morgan fingerprint density at radius 1 is 1.23 bits per heavy atom. The van der Waals surface area contributed by atoms with Gasteiger partial charge in [0.15, 0.2) is 11.5 Å². The van der Waals surface area contributed by atoms with Crippen molar-refractivity contribution in [2.24, 2.45) is 0 Å². The number of aromatic amines is 1. The van der Waals surface area contributed by atoms with E-state index in [0.29, 0.717) is 36.7 Å². The van der Waals surface area contributed by atoms with Crippen LogP contribution in [0.25, 0.3) is 0 Å². The summed E-state index contributed by atoms with van der Waals surface area (Å²) in [5.74, 6) is 1.13. The third-order valence-electron chi connectivity index (χ3n) is 5.54. The van der Waals surface area contributed by atoms with E-state index < -0.39 is 0 Å². The van der Waals surface area contributed by atoms with Crippen LogP contribution in [0.5, 0.6) is 11.5 Å². The zero-order valence-electron chi connectivity index (χ0n) is 18.8. The maximum Gasteiger partial charge on any atom is 0.254 e. The highest BCUT2D eigenvalue weighted by molar-refractivity contribution is 5.94. The molecular weight excluding hydrogens is 396 g/mol. The fraction of sp³-hybridized carbons (Fsp3) is 0.522. The maximum absolute atomic E-state index is 12.9. The number of amides is 2. The SMILES string of the molecule is CCCc1cc(CN(C)C(=O)c2ccc(OC3CCN(C(C)=O)CC3)c(OC)c2)[nH]n1. The summed E-state index contributed by atoms with van der Waals surface area (Å²) in [5.41, 5.74) is 2.45. The van der Waals surface area contributed by atoms with Gasteiger partial charge in [0.2, 0.25) is 5.91 Å². The van der Waals surface area contributed by atoms with Gasteiger partial charge in [-0.2, -0.15) is 5.10 Å². The molecule has 1 aromatic carbocycles. The van der Waals surface area contributed by atoms with Gasteiger partial charge in [-0.15, -0.1) is 0 Å². The number of nitrogens with zero attached hydrogens (tertiary/aromatic N) is 3. The smallest absolute Gasteiger partial charge is 0.254 e. The lowest BCUT2D eigenvalue weighted by molar-refractivity contribution is -0.130. The van der Waals surface area contributed by atoms with Crippen LogP contribution in [-0.2, 0) is 17.8 Å². The molecule has 0 radical (unpaired) electrons. The second-order valence-corrected chi connectivity index (χ2v) is 7.98. The second kappa shape index (κ2) is 10.3. The highest BCUT2D eigenvalue weighted by atomic mass is 16.5. The highest BCUT2D eigenvalue weighted by Gasteiger charge is 2.23. The number of hydrogen-bond acceptors (Lipinski definition) is 5. The van der Waals surface area contributed by atoms with Crippen molar-refractivity contribution in [1.82, 2.24) is 20.0 Å². The van der Waals surface area contributed by atoms with Gasteiger partial charge < -0.3 is 19.3 Å². The maximum atomic E-state index is 12.9. The predicted molar refractivity (Wildman–Crippen MR) is 117 cm³/mol. The van der Waals surface area contributed by atoms with Crippen molar-refractivity contribution >= 4 is 11.8 Å². The van der Waals surface area contributed by atoms with Crippen molar-refractivity contribution in [1.29, 1.82) is 0 Å². The third kappa shape index (κ3) is 5.77. The molecule has 0 unspecified atom stereocenters. The molecule has 0 aliphatic carbocycles. The molecule has 8 nitrogen and oxygen atoms in total. The number of likely N-dealkylation sites (tertiary alicyclic amines) is 1. The standard InChI is InChI=1S/C23H32N4O4/c1-5-6-18-14-19(25-24-18)15-26(3)23(29)17-7-8-21(22(13-17)30-4)31-20-9-11-27(12-10-20)16(2)28/h7-8,13-14,20H,5-6,9-12,15H2,1-4H3,(H,24,25). The zero-order valence-corrected chi connectivity index (χ0v) is 18.8.